The fraction of sp³-hybridized carbons (Fsp3) is 0.229. The van der Waals surface area contributed by atoms with Crippen LogP contribution in [0.5, 0.6) is 0 Å². The number of nitrogens with zero attached hydrogens (tertiary/aromatic N) is 2. The van der Waals surface area contributed by atoms with Gasteiger partial charge in [0.15, 0.2) is 5.78 Å². The first-order chi connectivity index (χ1) is 19.2. The summed E-state index contributed by atoms with van der Waals surface area (Å²) in [6, 6.07) is 43.5. The maximum atomic E-state index is 9.98. The molecule has 0 aliphatic rings. The second-order valence-corrected chi connectivity index (χ2v) is 10.5. The molecule has 0 spiro atoms. The summed E-state index contributed by atoms with van der Waals surface area (Å²) >= 11 is 0. The molecule has 6 heteroatoms. The van der Waals surface area contributed by atoms with Crippen molar-refractivity contribution in [3.05, 3.63) is 133 Å². The minimum atomic E-state index is -1.22. The standard InChI is InChI=1S/C24H20B.C6H16N2.C5H8O2.Ni/c1-5-13-21(14-6-1)25(22-15-7-2-8-16-22,23-17-9-3-10-18-23)24-19-11-4-12-20-24;1-7(2)5-6-8(3)4;1-4(6)3-5(2)7;/h1-20H;5-6H2,1-4H3;3,6H,1-2H3;/q-1;;;+2/p-1/b;;4-3-;. The minimum Gasteiger partial charge on any atom is -0.876 e. The summed E-state index contributed by atoms with van der Waals surface area (Å²) in [6.07, 6.45) is -0.160. The van der Waals surface area contributed by atoms with Crippen LogP contribution in [0.3, 0.4) is 0 Å². The second kappa shape index (κ2) is 18.8. The summed E-state index contributed by atoms with van der Waals surface area (Å²) in [4.78, 5) is 14.3. The Hall–Kier alpha value is -3.43. The van der Waals surface area contributed by atoms with Crippen LogP contribution in [0.2, 0.25) is 0 Å². The van der Waals surface area contributed by atoms with Crippen molar-refractivity contribution >= 4 is 33.8 Å². The van der Waals surface area contributed by atoms with Gasteiger partial charge in [-0.2, -0.15) is 21.9 Å². The van der Waals surface area contributed by atoms with E-state index in [-0.39, 0.29) is 28.0 Å². The summed E-state index contributed by atoms with van der Waals surface area (Å²) in [6.45, 7) is 4.99. The predicted octanol–water partition coefficient (Wildman–Crippen LogP) is 3.01. The molecule has 0 fully saturated rings. The maximum Gasteiger partial charge on any atom is 2.00 e. The molecule has 4 rings (SSSR count). The molecule has 0 N–H and O–H groups in total. The van der Waals surface area contributed by atoms with Crippen LogP contribution >= 0.6 is 0 Å². The van der Waals surface area contributed by atoms with E-state index in [0.29, 0.717) is 0 Å². The zero-order valence-corrected chi connectivity index (χ0v) is 26.1. The van der Waals surface area contributed by atoms with E-state index in [1.54, 1.807) is 0 Å². The topological polar surface area (TPSA) is 46.6 Å². The van der Waals surface area contributed by atoms with Crippen LogP contribution in [0.25, 0.3) is 0 Å². The predicted molar refractivity (Wildman–Crippen MR) is 172 cm³/mol. The molecule has 4 nitrogen and oxygen atoms in total. The Kier molecular flexibility index (Phi) is 16.3. The normalized spacial score (nSPS) is 11.0. The summed E-state index contributed by atoms with van der Waals surface area (Å²) in [5, 5.41) is 9.98. The first-order valence-corrected chi connectivity index (χ1v) is 13.7. The molecule has 0 saturated carbocycles. The SMILES string of the molecule is CC(=O)/C=C(/C)[O-].CN(C)CCN(C)C.[Ni+2].c1ccc([B-](c2ccccc2)(c2ccccc2)c2ccccc2)cc1. The van der Waals surface area contributed by atoms with Crippen molar-refractivity contribution < 1.29 is 26.4 Å². The van der Waals surface area contributed by atoms with Gasteiger partial charge < -0.3 is 14.9 Å². The van der Waals surface area contributed by atoms with Gasteiger partial charge in [-0.25, -0.2) is 0 Å². The minimum absolute atomic E-state index is 0. The zero-order valence-electron chi connectivity index (χ0n) is 25.1. The van der Waals surface area contributed by atoms with Crippen molar-refractivity contribution in [3.63, 3.8) is 0 Å². The molecule has 41 heavy (non-hydrogen) atoms. The van der Waals surface area contributed by atoms with Gasteiger partial charge in [0.25, 0.3) is 0 Å². The number of rotatable bonds is 8. The van der Waals surface area contributed by atoms with Gasteiger partial charge in [-0.05, 0) is 41.2 Å². The number of carbonyl (C=O) groups excluding carboxylic acids is 1. The Balaban J connectivity index is 0.000000438. The van der Waals surface area contributed by atoms with Crippen molar-refractivity contribution in [3.8, 4) is 0 Å². The van der Waals surface area contributed by atoms with Gasteiger partial charge in [0.05, 0.1) is 0 Å². The molecule has 0 radical (unpaired) electrons. The van der Waals surface area contributed by atoms with Gasteiger partial charge in [0, 0.05) is 13.1 Å². The third-order valence-corrected chi connectivity index (χ3v) is 6.60. The summed E-state index contributed by atoms with van der Waals surface area (Å²) in [7, 11) is 8.35. The van der Waals surface area contributed by atoms with E-state index in [9.17, 15) is 9.90 Å². The number of hydrogen-bond donors (Lipinski definition) is 0. The van der Waals surface area contributed by atoms with Crippen LogP contribution in [-0.2, 0) is 21.3 Å². The summed E-state index contributed by atoms with van der Waals surface area (Å²) in [5.41, 5.74) is 5.36. The number of likely N-dealkylation sites (N-methyl/N-ethyl adjacent to an activating group) is 2. The molecule has 0 atom stereocenters. The molecule has 0 amide bonds. The molecule has 218 valence electrons. The molecule has 4 aromatic carbocycles. The molecule has 4 aromatic rings. The fourth-order valence-electron chi connectivity index (χ4n) is 4.81. The molecule has 0 aromatic heterocycles. The largest absolute Gasteiger partial charge is 2.00 e. The van der Waals surface area contributed by atoms with Gasteiger partial charge in [-0.15, -0.1) is 5.76 Å². The van der Waals surface area contributed by atoms with E-state index >= 15 is 0 Å². The van der Waals surface area contributed by atoms with E-state index in [1.165, 1.54) is 35.7 Å². The van der Waals surface area contributed by atoms with E-state index in [1.807, 2.05) is 0 Å². The van der Waals surface area contributed by atoms with Gasteiger partial charge >= 0.3 is 16.5 Å². The number of benzene rings is 4. The van der Waals surface area contributed by atoms with Crippen molar-refractivity contribution in [1.29, 1.82) is 0 Å². The monoisotopic (exact) mass is 592 g/mol. The van der Waals surface area contributed by atoms with Gasteiger partial charge in [0.1, 0.15) is 6.15 Å². The molecule has 0 unspecified atom stereocenters. The van der Waals surface area contributed by atoms with Gasteiger partial charge in [0.2, 0.25) is 0 Å². The van der Waals surface area contributed by atoms with E-state index < -0.39 is 6.15 Å². The average Bonchev–Trinajstić information content (AvgIpc) is 2.95. The summed E-state index contributed by atoms with van der Waals surface area (Å²) in [5.74, 6) is -0.375. The van der Waals surface area contributed by atoms with Crippen molar-refractivity contribution in [2.75, 3.05) is 41.3 Å². The van der Waals surface area contributed by atoms with E-state index in [0.717, 1.165) is 19.2 Å². The Bertz CT molecular complexity index is 1110. The third kappa shape index (κ3) is 11.5. The maximum absolute atomic E-state index is 9.98. The molecule has 0 bridgehead atoms. The van der Waals surface area contributed by atoms with Crippen LogP contribution in [0.4, 0.5) is 0 Å². The Morgan fingerprint density at radius 3 is 0.976 bits per heavy atom. The number of ketones is 1. The number of allylic oxidation sites excluding steroid dienone is 2. The molecule has 0 aliphatic heterocycles. The van der Waals surface area contributed by atoms with Gasteiger partial charge in [-0.1, -0.05) is 128 Å². The van der Waals surface area contributed by atoms with Crippen molar-refractivity contribution in [2.45, 2.75) is 13.8 Å². The number of carbonyl (C=O) groups is 1. The van der Waals surface area contributed by atoms with E-state index in [2.05, 4.69) is 159 Å². The van der Waals surface area contributed by atoms with Crippen LogP contribution in [-0.4, -0.2) is 63.0 Å². The van der Waals surface area contributed by atoms with E-state index in [4.69, 9.17) is 0 Å². The fourth-order valence-corrected chi connectivity index (χ4v) is 4.81. The first-order valence-electron chi connectivity index (χ1n) is 13.7. The van der Waals surface area contributed by atoms with Crippen LogP contribution < -0.4 is 27.0 Å². The number of hydrogen-bond acceptors (Lipinski definition) is 4. The van der Waals surface area contributed by atoms with Gasteiger partial charge in [-0.3, -0.25) is 4.79 Å². The Labute approximate surface area is 257 Å². The molecular formula is C35H43BN2NiO2. The Morgan fingerprint density at radius 1 is 0.585 bits per heavy atom. The van der Waals surface area contributed by atoms with Crippen LogP contribution in [0.1, 0.15) is 13.8 Å². The molecular weight excluding hydrogens is 550 g/mol. The molecule has 0 aliphatic carbocycles. The van der Waals surface area contributed by atoms with Crippen molar-refractivity contribution in [2.24, 2.45) is 0 Å². The quantitative estimate of drug-likeness (QED) is 0.179. The zero-order chi connectivity index (χ0) is 29.4. The smallest absolute Gasteiger partial charge is 0.876 e. The third-order valence-electron chi connectivity index (χ3n) is 6.60. The second-order valence-electron chi connectivity index (χ2n) is 10.5. The summed E-state index contributed by atoms with van der Waals surface area (Å²) < 4.78 is 0. The Morgan fingerprint density at radius 2 is 0.829 bits per heavy atom. The van der Waals surface area contributed by atoms with Crippen molar-refractivity contribution in [1.82, 2.24) is 9.80 Å². The average molecular weight is 593 g/mol. The molecule has 0 saturated heterocycles. The first kappa shape index (κ1) is 35.6. The molecule has 0 heterocycles. The van der Waals surface area contributed by atoms with Crippen LogP contribution in [0, 0.1) is 0 Å². The van der Waals surface area contributed by atoms with Crippen LogP contribution in [0.15, 0.2) is 133 Å².